The molecule has 0 aliphatic rings. The molecule has 8 heteroatoms. The smallest absolute Gasteiger partial charge is 0.265 e. The first-order valence-electron chi connectivity index (χ1n) is 9.99. The fourth-order valence-electron chi connectivity index (χ4n) is 3.01. The SMILES string of the molecule is COc1ccc(NS(=O)(=O)c2ccc(NC(=O)[C@H](C)Oc3ccc(C)cc3C)cc2)cc1. The molecule has 2 N–H and O–H groups in total. The van der Waals surface area contributed by atoms with Crippen molar-refractivity contribution in [1.82, 2.24) is 0 Å². The molecule has 1 amide bonds. The number of rotatable bonds is 8. The van der Waals surface area contributed by atoms with Crippen LogP contribution in [-0.2, 0) is 14.8 Å². The van der Waals surface area contributed by atoms with Crippen LogP contribution in [0.2, 0.25) is 0 Å². The number of anilines is 2. The molecule has 0 saturated carbocycles. The molecule has 3 aromatic rings. The molecule has 32 heavy (non-hydrogen) atoms. The fourth-order valence-corrected chi connectivity index (χ4v) is 4.07. The lowest BCUT2D eigenvalue weighted by Gasteiger charge is -2.17. The highest BCUT2D eigenvalue weighted by molar-refractivity contribution is 7.92. The second kappa shape index (κ2) is 9.74. The molecule has 0 saturated heterocycles. The number of benzene rings is 3. The number of carbonyl (C=O) groups is 1. The van der Waals surface area contributed by atoms with E-state index in [9.17, 15) is 13.2 Å². The molecule has 3 rings (SSSR count). The van der Waals surface area contributed by atoms with Gasteiger partial charge in [0, 0.05) is 11.4 Å². The molecule has 0 aliphatic heterocycles. The Hall–Kier alpha value is -3.52. The van der Waals surface area contributed by atoms with Crippen molar-refractivity contribution in [2.75, 3.05) is 17.1 Å². The summed E-state index contributed by atoms with van der Waals surface area (Å²) in [7, 11) is -2.23. The predicted molar refractivity (Wildman–Crippen MR) is 125 cm³/mol. The van der Waals surface area contributed by atoms with Crippen molar-refractivity contribution in [2.45, 2.75) is 31.8 Å². The Morgan fingerprint density at radius 3 is 2.12 bits per heavy atom. The number of sulfonamides is 1. The summed E-state index contributed by atoms with van der Waals surface area (Å²) in [6.07, 6.45) is -0.725. The van der Waals surface area contributed by atoms with E-state index in [1.807, 2.05) is 32.0 Å². The molecule has 0 heterocycles. The quantitative estimate of drug-likeness (QED) is 0.522. The standard InChI is InChI=1S/C24H26N2O5S/c1-16-5-14-23(17(2)15-16)31-18(3)24(27)25-19-8-12-22(13-9-19)32(28,29)26-20-6-10-21(30-4)11-7-20/h5-15,18,26H,1-4H3,(H,25,27)/t18-/m0/s1. The van der Waals surface area contributed by atoms with E-state index in [0.29, 0.717) is 22.9 Å². The highest BCUT2D eigenvalue weighted by atomic mass is 32.2. The highest BCUT2D eigenvalue weighted by Gasteiger charge is 2.18. The van der Waals surface area contributed by atoms with Crippen LogP contribution in [0.15, 0.2) is 71.6 Å². The molecule has 0 radical (unpaired) electrons. The Bertz CT molecular complexity index is 1190. The second-order valence-corrected chi connectivity index (χ2v) is 9.06. The number of aryl methyl sites for hydroxylation is 2. The number of methoxy groups -OCH3 is 1. The third-order valence-electron chi connectivity index (χ3n) is 4.78. The molecule has 0 fully saturated rings. The van der Waals surface area contributed by atoms with Crippen LogP contribution in [-0.4, -0.2) is 27.5 Å². The minimum Gasteiger partial charge on any atom is -0.497 e. The van der Waals surface area contributed by atoms with E-state index >= 15 is 0 Å². The topological polar surface area (TPSA) is 93.7 Å². The lowest BCUT2D eigenvalue weighted by atomic mass is 10.1. The highest BCUT2D eigenvalue weighted by Crippen LogP contribution is 2.22. The third kappa shape index (κ3) is 5.79. The molecule has 7 nitrogen and oxygen atoms in total. The van der Waals surface area contributed by atoms with Crippen LogP contribution < -0.4 is 19.5 Å². The van der Waals surface area contributed by atoms with Gasteiger partial charge in [-0.2, -0.15) is 0 Å². The van der Waals surface area contributed by atoms with E-state index in [1.54, 1.807) is 31.2 Å². The van der Waals surface area contributed by atoms with Gasteiger partial charge in [0.15, 0.2) is 6.10 Å². The van der Waals surface area contributed by atoms with Gasteiger partial charge in [-0.25, -0.2) is 8.42 Å². The van der Waals surface area contributed by atoms with Crippen LogP contribution in [0.4, 0.5) is 11.4 Å². The summed E-state index contributed by atoms with van der Waals surface area (Å²) in [6, 6.07) is 18.2. The summed E-state index contributed by atoms with van der Waals surface area (Å²) in [5, 5.41) is 2.74. The van der Waals surface area contributed by atoms with Crippen molar-refractivity contribution in [3.63, 3.8) is 0 Å². The number of nitrogens with one attached hydrogen (secondary N) is 2. The van der Waals surface area contributed by atoms with E-state index in [0.717, 1.165) is 11.1 Å². The van der Waals surface area contributed by atoms with Gasteiger partial charge >= 0.3 is 0 Å². The molecule has 0 aliphatic carbocycles. The predicted octanol–water partition coefficient (Wildman–Crippen LogP) is 4.52. The average molecular weight is 455 g/mol. The minimum absolute atomic E-state index is 0.0749. The van der Waals surface area contributed by atoms with E-state index in [4.69, 9.17) is 9.47 Å². The Morgan fingerprint density at radius 1 is 0.906 bits per heavy atom. The van der Waals surface area contributed by atoms with Gasteiger partial charge in [0.25, 0.3) is 15.9 Å². The maximum absolute atomic E-state index is 12.6. The van der Waals surface area contributed by atoms with Gasteiger partial charge in [0.1, 0.15) is 11.5 Å². The summed E-state index contributed by atoms with van der Waals surface area (Å²) >= 11 is 0. The number of carbonyl (C=O) groups excluding carboxylic acids is 1. The monoisotopic (exact) mass is 454 g/mol. The lowest BCUT2D eigenvalue weighted by Crippen LogP contribution is -2.30. The molecule has 1 atom stereocenters. The van der Waals surface area contributed by atoms with Crippen molar-refractivity contribution in [3.05, 3.63) is 77.9 Å². The summed E-state index contributed by atoms with van der Waals surface area (Å²) in [6.45, 7) is 5.57. The second-order valence-electron chi connectivity index (χ2n) is 7.38. The average Bonchev–Trinajstić information content (AvgIpc) is 2.76. The van der Waals surface area contributed by atoms with Crippen molar-refractivity contribution in [2.24, 2.45) is 0 Å². The van der Waals surface area contributed by atoms with Crippen LogP contribution in [0, 0.1) is 13.8 Å². The van der Waals surface area contributed by atoms with E-state index in [-0.39, 0.29) is 10.8 Å². The van der Waals surface area contributed by atoms with Gasteiger partial charge in [-0.3, -0.25) is 9.52 Å². The van der Waals surface area contributed by atoms with Gasteiger partial charge in [0.05, 0.1) is 12.0 Å². The van der Waals surface area contributed by atoms with Gasteiger partial charge in [0.2, 0.25) is 0 Å². The van der Waals surface area contributed by atoms with E-state index in [2.05, 4.69) is 10.0 Å². The van der Waals surface area contributed by atoms with Crippen molar-refractivity contribution < 1.29 is 22.7 Å². The van der Waals surface area contributed by atoms with Gasteiger partial charge in [-0.1, -0.05) is 17.7 Å². The third-order valence-corrected chi connectivity index (χ3v) is 6.17. The van der Waals surface area contributed by atoms with Gasteiger partial charge in [-0.05, 0) is 80.9 Å². The molecule has 0 aromatic heterocycles. The fraction of sp³-hybridized carbons (Fsp3) is 0.208. The van der Waals surface area contributed by atoms with E-state index in [1.165, 1.54) is 31.4 Å². The van der Waals surface area contributed by atoms with Crippen molar-refractivity contribution in [1.29, 1.82) is 0 Å². The van der Waals surface area contributed by atoms with Gasteiger partial charge < -0.3 is 14.8 Å². The Balaban J connectivity index is 1.63. The molecular weight excluding hydrogens is 428 g/mol. The Kier molecular flexibility index (Phi) is 7.05. The zero-order valence-electron chi connectivity index (χ0n) is 18.4. The van der Waals surface area contributed by atoms with Crippen LogP contribution in [0.3, 0.4) is 0 Å². The molecule has 0 spiro atoms. The summed E-state index contributed by atoms with van der Waals surface area (Å²) in [5.41, 5.74) is 2.95. The summed E-state index contributed by atoms with van der Waals surface area (Å²) < 4.78 is 38.6. The largest absolute Gasteiger partial charge is 0.497 e. The Labute approximate surface area is 188 Å². The molecule has 0 bridgehead atoms. The van der Waals surface area contributed by atoms with Crippen molar-refractivity contribution >= 4 is 27.3 Å². The minimum atomic E-state index is -3.77. The first-order valence-corrected chi connectivity index (χ1v) is 11.5. The number of ether oxygens (including phenoxy) is 2. The number of hydrogen-bond acceptors (Lipinski definition) is 5. The van der Waals surface area contributed by atoms with Crippen LogP contribution in [0.25, 0.3) is 0 Å². The van der Waals surface area contributed by atoms with Crippen LogP contribution in [0.1, 0.15) is 18.1 Å². The summed E-state index contributed by atoms with van der Waals surface area (Å²) in [5.74, 6) is 0.935. The maximum Gasteiger partial charge on any atom is 0.265 e. The molecular formula is C24H26N2O5S. The number of hydrogen-bond donors (Lipinski definition) is 2. The molecule has 3 aromatic carbocycles. The van der Waals surface area contributed by atoms with E-state index < -0.39 is 16.1 Å². The van der Waals surface area contributed by atoms with Crippen molar-refractivity contribution in [3.8, 4) is 11.5 Å². The maximum atomic E-state index is 12.6. The molecule has 168 valence electrons. The Morgan fingerprint density at radius 2 is 1.53 bits per heavy atom. The number of amides is 1. The first kappa shape index (κ1) is 23.1. The normalized spacial score (nSPS) is 12.0. The van der Waals surface area contributed by atoms with Gasteiger partial charge in [-0.15, -0.1) is 0 Å². The lowest BCUT2D eigenvalue weighted by molar-refractivity contribution is -0.122. The van der Waals surface area contributed by atoms with Crippen LogP contribution in [0.5, 0.6) is 11.5 Å². The van der Waals surface area contributed by atoms with Crippen LogP contribution >= 0.6 is 0 Å². The zero-order chi connectivity index (χ0) is 23.3. The molecule has 0 unspecified atom stereocenters. The first-order chi connectivity index (χ1) is 15.2. The zero-order valence-corrected chi connectivity index (χ0v) is 19.2. The summed E-state index contributed by atoms with van der Waals surface area (Å²) in [4.78, 5) is 12.6.